The third kappa shape index (κ3) is 5.59. The number of carbonyl (C=O) groups is 1. The number of hydrogen-bond donors (Lipinski definition) is 1. The topological polar surface area (TPSA) is 46.5 Å². The lowest BCUT2D eigenvalue weighted by atomic mass is 9.72. The summed E-state index contributed by atoms with van der Waals surface area (Å²) in [7, 11) is 0. The Kier molecular flexibility index (Phi) is 6.04. The van der Waals surface area contributed by atoms with Crippen molar-refractivity contribution in [3.63, 3.8) is 0 Å². The van der Waals surface area contributed by atoms with Gasteiger partial charge in [0.05, 0.1) is 0 Å². The SMILES string of the molecule is Cc1cccc(C(C)Oc2ccc(C(C)(C)CC(C)(C)C)cc2C(=O)O)c1. The number of hydrogen-bond acceptors (Lipinski definition) is 2. The zero-order chi connectivity index (χ0) is 20.4. The first-order valence-corrected chi connectivity index (χ1v) is 9.50. The minimum absolute atomic E-state index is 0.122. The van der Waals surface area contributed by atoms with Gasteiger partial charge in [0.1, 0.15) is 17.4 Å². The van der Waals surface area contributed by atoms with Gasteiger partial charge in [-0.3, -0.25) is 0 Å². The minimum atomic E-state index is -0.963. The van der Waals surface area contributed by atoms with Crippen molar-refractivity contribution >= 4 is 5.97 Å². The maximum absolute atomic E-state index is 11.9. The van der Waals surface area contributed by atoms with E-state index in [1.807, 2.05) is 38.1 Å². The summed E-state index contributed by atoms with van der Waals surface area (Å²) in [5.74, 6) is -0.554. The van der Waals surface area contributed by atoms with Crippen LogP contribution in [-0.2, 0) is 5.41 Å². The Labute approximate surface area is 163 Å². The first-order valence-electron chi connectivity index (χ1n) is 9.50. The molecular formula is C24H32O3. The van der Waals surface area contributed by atoms with Crippen LogP contribution in [0.15, 0.2) is 42.5 Å². The lowest BCUT2D eigenvalue weighted by Crippen LogP contribution is -2.25. The van der Waals surface area contributed by atoms with E-state index in [9.17, 15) is 9.90 Å². The summed E-state index contributed by atoms with van der Waals surface area (Å²) in [4.78, 5) is 11.9. The van der Waals surface area contributed by atoms with Crippen LogP contribution in [0.5, 0.6) is 5.75 Å². The van der Waals surface area contributed by atoms with Crippen molar-refractivity contribution in [1.82, 2.24) is 0 Å². The van der Waals surface area contributed by atoms with Crippen LogP contribution >= 0.6 is 0 Å². The molecule has 27 heavy (non-hydrogen) atoms. The summed E-state index contributed by atoms with van der Waals surface area (Å²) in [6.07, 6.45) is 0.732. The summed E-state index contributed by atoms with van der Waals surface area (Å²) in [5.41, 5.74) is 3.45. The highest BCUT2D eigenvalue weighted by Crippen LogP contribution is 2.38. The van der Waals surface area contributed by atoms with Gasteiger partial charge < -0.3 is 9.84 Å². The Morgan fingerprint density at radius 2 is 1.74 bits per heavy atom. The van der Waals surface area contributed by atoms with Crippen LogP contribution < -0.4 is 4.74 Å². The molecule has 0 heterocycles. The summed E-state index contributed by atoms with van der Waals surface area (Å²) in [5, 5.41) is 9.74. The number of rotatable bonds is 6. The van der Waals surface area contributed by atoms with E-state index in [0.717, 1.165) is 23.1 Å². The molecule has 0 fully saturated rings. The molecule has 2 aromatic carbocycles. The number of benzene rings is 2. The molecule has 146 valence electrons. The van der Waals surface area contributed by atoms with Crippen molar-refractivity contribution in [2.45, 2.75) is 66.4 Å². The monoisotopic (exact) mass is 368 g/mol. The smallest absolute Gasteiger partial charge is 0.339 e. The molecule has 1 unspecified atom stereocenters. The Morgan fingerprint density at radius 1 is 1.07 bits per heavy atom. The summed E-state index contributed by atoms with van der Waals surface area (Å²) in [6, 6.07) is 13.6. The molecule has 0 bridgehead atoms. The maximum atomic E-state index is 11.9. The Hall–Kier alpha value is -2.29. The third-order valence-electron chi connectivity index (χ3n) is 4.78. The molecule has 3 nitrogen and oxygen atoms in total. The first kappa shape index (κ1) is 21.0. The molecule has 0 radical (unpaired) electrons. The number of carboxylic acids is 1. The Balaban J connectivity index is 2.34. The van der Waals surface area contributed by atoms with Crippen molar-refractivity contribution in [1.29, 1.82) is 0 Å². The second kappa shape index (κ2) is 7.75. The number of aromatic carboxylic acids is 1. The molecule has 0 saturated carbocycles. The zero-order valence-corrected chi connectivity index (χ0v) is 17.6. The average molecular weight is 369 g/mol. The Morgan fingerprint density at radius 3 is 2.30 bits per heavy atom. The molecular weight excluding hydrogens is 336 g/mol. The summed E-state index contributed by atoms with van der Waals surface area (Å²) < 4.78 is 6.04. The highest BCUT2D eigenvalue weighted by atomic mass is 16.5. The lowest BCUT2D eigenvalue weighted by Gasteiger charge is -2.33. The molecule has 0 saturated heterocycles. The van der Waals surface area contributed by atoms with Crippen molar-refractivity contribution in [3.05, 3.63) is 64.7 Å². The van der Waals surface area contributed by atoms with Crippen molar-refractivity contribution in [2.75, 3.05) is 0 Å². The third-order valence-corrected chi connectivity index (χ3v) is 4.78. The fourth-order valence-electron chi connectivity index (χ4n) is 3.83. The van der Waals surface area contributed by atoms with Gasteiger partial charge in [-0.1, -0.05) is 70.5 Å². The van der Waals surface area contributed by atoms with E-state index < -0.39 is 5.97 Å². The molecule has 3 heteroatoms. The fraction of sp³-hybridized carbons (Fsp3) is 0.458. The highest BCUT2D eigenvalue weighted by molar-refractivity contribution is 5.91. The predicted octanol–water partition coefficient (Wildman–Crippen LogP) is 6.55. The molecule has 0 aliphatic heterocycles. The summed E-state index contributed by atoms with van der Waals surface area (Å²) >= 11 is 0. The van der Waals surface area contributed by atoms with Gasteiger partial charge in [-0.25, -0.2) is 4.79 Å². The van der Waals surface area contributed by atoms with Crippen LogP contribution in [0.2, 0.25) is 0 Å². The van der Waals surface area contributed by atoms with Gasteiger partial charge >= 0.3 is 5.97 Å². The summed E-state index contributed by atoms with van der Waals surface area (Å²) in [6.45, 7) is 14.9. The van der Waals surface area contributed by atoms with Gasteiger partial charge in [-0.05, 0) is 54.4 Å². The van der Waals surface area contributed by atoms with E-state index in [1.54, 1.807) is 12.1 Å². The Bertz CT molecular complexity index is 813. The van der Waals surface area contributed by atoms with E-state index in [-0.39, 0.29) is 22.5 Å². The van der Waals surface area contributed by atoms with Crippen LogP contribution in [0.25, 0.3) is 0 Å². The molecule has 0 amide bonds. The van der Waals surface area contributed by atoms with Crippen LogP contribution in [0, 0.1) is 12.3 Å². The van der Waals surface area contributed by atoms with Crippen molar-refractivity contribution in [2.24, 2.45) is 5.41 Å². The van der Waals surface area contributed by atoms with Crippen LogP contribution in [0.4, 0.5) is 0 Å². The van der Waals surface area contributed by atoms with E-state index in [1.165, 1.54) is 0 Å². The van der Waals surface area contributed by atoms with Gasteiger partial charge in [0.2, 0.25) is 0 Å². The minimum Gasteiger partial charge on any atom is -0.485 e. The lowest BCUT2D eigenvalue weighted by molar-refractivity contribution is 0.0689. The second-order valence-electron chi connectivity index (χ2n) is 9.31. The van der Waals surface area contributed by atoms with Crippen molar-refractivity contribution in [3.8, 4) is 5.75 Å². The second-order valence-corrected chi connectivity index (χ2v) is 9.31. The molecule has 0 aliphatic carbocycles. The van der Waals surface area contributed by atoms with E-state index in [2.05, 4.69) is 40.7 Å². The number of carboxylic acid groups (broad SMARTS) is 1. The normalized spacial score (nSPS) is 13.3. The molecule has 0 aliphatic rings. The zero-order valence-electron chi connectivity index (χ0n) is 17.6. The molecule has 1 N–H and O–H groups in total. The van der Waals surface area contributed by atoms with Crippen LogP contribution in [0.3, 0.4) is 0 Å². The molecule has 2 rings (SSSR count). The molecule has 1 atom stereocenters. The van der Waals surface area contributed by atoms with E-state index in [0.29, 0.717) is 5.75 Å². The van der Waals surface area contributed by atoms with E-state index in [4.69, 9.17) is 4.74 Å². The maximum Gasteiger partial charge on any atom is 0.339 e. The van der Waals surface area contributed by atoms with Gasteiger partial charge in [-0.15, -0.1) is 0 Å². The van der Waals surface area contributed by atoms with Crippen LogP contribution in [-0.4, -0.2) is 11.1 Å². The largest absolute Gasteiger partial charge is 0.485 e. The molecule has 0 spiro atoms. The number of aryl methyl sites for hydroxylation is 1. The molecule has 0 aromatic heterocycles. The van der Waals surface area contributed by atoms with E-state index >= 15 is 0 Å². The van der Waals surface area contributed by atoms with Crippen LogP contribution in [0.1, 0.15) is 81.1 Å². The van der Waals surface area contributed by atoms with Gasteiger partial charge in [0.25, 0.3) is 0 Å². The fourth-order valence-corrected chi connectivity index (χ4v) is 3.83. The highest BCUT2D eigenvalue weighted by Gasteiger charge is 2.29. The predicted molar refractivity (Wildman–Crippen MR) is 111 cm³/mol. The number of ether oxygens (including phenoxy) is 1. The molecule has 2 aromatic rings. The quantitative estimate of drug-likeness (QED) is 0.629. The van der Waals surface area contributed by atoms with Crippen molar-refractivity contribution < 1.29 is 14.6 Å². The van der Waals surface area contributed by atoms with Gasteiger partial charge in [0, 0.05) is 0 Å². The van der Waals surface area contributed by atoms with Gasteiger partial charge in [-0.2, -0.15) is 0 Å². The average Bonchev–Trinajstić information content (AvgIpc) is 2.52. The van der Waals surface area contributed by atoms with Gasteiger partial charge in [0.15, 0.2) is 0 Å². The first-order chi connectivity index (χ1) is 12.4. The standard InChI is InChI=1S/C24H32O3/c1-16-9-8-10-18(13-16)17(2)27-21-12-11-19(14-20(21)22(25)26)24(6,7)15-23(3,4)5/h8-14,17H,15H2,1-7H3,(H,25,26).